The van der Waals surface area contributed by atoms with Crippen LogP contribution >= 0.6 is 0 Å². The Morgan fingerprint density at radius 3 is 2.50 bits per heavy atom. The Morgan fingerprint density at radius 2 is 1.94 bits per heavy atom. The fourth-order valence-electron chi connectivity index (χ4n) is 1.47. The number of carboxylic acid groups (broad SMARTS) is 1. The molecule has 94 valence electrons. The van der Waals surface area contributed by atoms with Gasteiger partial charge in [-0.15, -0.1) is 0 Å². The van der Waals surface area contributed by atoms with Crippen molar-refractivity contribution in [2.45, 2.75) is 25.3 Å². The maximum atomic E-state index is 11.4. The molecule has 0 aliphatic rings. The standard InChI is InChI=1S/C13H14N2O3/c14-9-11(8-10-4-2-1-3-5-10)15-12(16)6-7-13(17)18/h1-5,11H,6-8H2,(H,15,16)(H,17,18). The Labute approximate surface area is 105 Å². The van der Waals surface area contributed by atoms with Crippen molar-refractivity contribution >= 4 is 11.9 Å². The van der Waals surface area contributed by atoms with E-state index in [2.05, 4.69) is 5.32 Å². The molecule has 5 heteroatoms. The summed E-state index contributed by atoms with van der Waals surface area (Å²) in [5.74, 6) is -1.44. The van der Waals surface area contributed by atoms with Gasteiger partial charge in [0.25, 0.3) is 0 Å². The molecule has 0 saturated carbocycles. The van der Waals surface area contributed by atoms with Crippen molar-refractivity contribution in [3.63, 3.8) is 0 Å². The normalized spacial score (nSPS) is 11.3. The molecule has 0 saturated heterocycles. The zero-order chi connectivity index (χ0) is 13.4. The van der Waals surface area contributed by atoms with E-state index in [1.807, 2.05) is 36.4 Å². The molecule has 1 rings (SSSR count). The number of aliphatic carboxylic acids is 1. The second-order valence-corrected chi connectivity index (χ2v) is 3.83. The number of nitriles is 1. The topological polar surface area (TPSA) is 90.2 Å². The molecule has 1 aromatic carbocycles. The molecule has 1 aromatic rings. The van der Waals surface area contributed by atoms with Crippen LogP contribution in [-0.4, -0.2) is 23.0 Å². The number of carboxylic acids is 1. The van der Waals surface area contributed by atoms with Crippen molar-refractivity contribution in [2.75, 3.05) is 0 Å². The van der Waals surface area contributed by atoms with E-state index in [9.17, 15) is 9.59 Å². The molecule has 0 fully saturated rings. The van der Waals surface area contributed by atoms with E-state index >= 15 is 0 Å². The maximum absolute atomic E-state index is 11.4. The molecule has 0 bridgehead atoms. The Bertz CT molecular complexity index is 451. The van der Waals surface area contributed by atoms with Gasteiger partial charge in [-0.3, -0.25) is 9.59 Å². The van der Waals surface area contributed by atoms with Gasteiger partial charge in [-0.05, 0) is 5.56 Å². The zero-order valence-electron chi connectivity index (χ0n) is 9.80. The van der Waals surface area contributed by atoms with E-state index in [0.29, 0.717) is 6.42 Å². The third-order valence-electron chi connectivity index (χ3n) is 2.34. The lowest BCUT2D eigenvalue weighted by molar-refractivity contribution is -0.138. The summed E-state index contributed by atoms with van der Waals surface area (Å²) in [6.45, 7) is 0. The van der Waals surface area contributed by atoms with Crippen LogP contribution in [0, 0.1) is 11.3 Å². The van der Waals surface area contributed by atoms with Crippen molar-refractivity contribution in [1.82, 2.24) is 5.32 Å². The highest BCUT2D eigenvalue weighted by Crippen LogP contribution is 2.03. The summed E-state index contributed by atoms with van der Waals surface area (Å²) in [6, 6.07) is 10.7. The number of nitrogens with one attached hydrogen (secondary N) is 1. The number of carbonyl (C=O) groups excluding carboxylic acids is 1. The first-order valence-corrected chi connectivity index (χ1v) is 5.56. The Kier molecular flexibility index (Phi) is 5.39. The minimum Gasteiger partial charge on any atom is -0.481 e. The number of carbonyl (C=O) groups is 2. The SMILES string of the molecule is N#CC(Cc1ccccc1)NC(=O)CCC(=O)O. The highest BCUT2D eigenvalue weighted by atomic mass is 16.4. The van der Waals surface area contributed by atoms with Gasteiger partial charge in [-0.25, -0.2) is 0 Å². The van der Waals surface area contributed by atoms with Gasteiger partial charge in [0.05, 0.1) is 12.5 Å². The van der Waals surface area contributed by atoms with Crippen LogP contribution < -0.4 is 5.32 Å². The smallest absolute Gasteiger partial charge is 0.303 e. The lowest BCUT2D eigenvalue weighted by atomic mass is 10.1. The van der Waals surface area contributed by atoms with Gasteiger partial charge in [0, 0.05) is 12.8 Å². The van der Waals surface area contributed by atoms with Gasteiger partial charge >= 0.3 is 5.97 Å². The molecular formula is C13H14N2O3. The van der Waals surface area contributed by atoms with Crippen molar-refractivity contribution in [2.24, 2.45) is 0 Å². The second kappa shape index (κ2) is 7.07. The summed E-state index contributed by atoms with van der Waals surface area (Å²) < 4.78 is 0. The number of nitrogens with zero attached hydrogens (tertiary/aromatic N) is 1. The Morgan fingerprint density at radius 1 is 1.28 bits per heavy atom. The number of benzene rings is 1. The lowest BCUT2D eigenvalue weighted by Gasteiger charge is -2.11. The first-order valence-electron chi connectivity index (χ1n) is 5.56. The van der Waals surface area contributed by atoms with E-state index in [0.717, 1.165) is 5.56 Å². The van der Waals surface area contributed by atoms with Gasteiger partial charge in [0.15, 0.2) is 0 Å². The van der Waals surface area contributed by atoms with Crippen molar-refractivity contribution < 1.29 is 14.7 Å². The molecule has 0 aliphatic carbocycles. The molecule has 0 heterocycles. The van der Waals surface area contributed by atoms with Crippen LogP contribution in [-0.2, 0) is 16.0 Å². The van der Waals surface area contributed by atoms with Crippen molar-refractivity contribution in [3.05, 3.63) is 35.9 Å². The van der Waals surface area contributed by atoms with Gasteiger partial charge < -0.3 is 10.4 Å². The molecule has 1 amide bonds. The van der Waals surface area contributed by atoms with Crippen LogP contribution in [0.3, 0.4) is 0 Å². The van der Waals surface area contributed by atoms with Crippen LogP contribution in [0.5, 0.6) is 0 Å². The number of amides is 1. The van der Waals surface area contributed by atoms with E-state index in [1.165, 1.54) is 0 Å². The van der Waals surface area contributed by atoms with Crippen molar-refractivity contribution in [1.29, 1.82) is 5.26 Å². The minimum absolute atomic E-state index is 0.109. The molecule has 1 atom stereocenters. The van der Waals surface area contributed by atoms with E-state index in [4.69, 9.17) is 10.4 Å². The van der Waals surface area contributed by atoms with E-state index in [1.54, 1.807) is 0 Å². The third-order valence-corrected chi connectivity index (χ3v) is 2.34. The average molecular weight is 246 g/mol. The van der Waals surface area contributed by atoms with Crippen LogP contribution in [0.2, 0.25) is 0 Å². The first kappa shape index (κ1) is 13.7. The van der Waals surface area contributed by atoms with Crippen LogP contribution in [0.15, 0.2) is 30.3 Å². The maximum Gasteiger partial charge on any atom is 0.303 e. The summed E-state index contributed by atoms with van der Waals surface area (Å²) in [5.41, 5.74) is 0.947. The highest BCUT2D eigenvalue weighted by molar-refractivity contribution is 5.81. The molecular weight excluding hydrogens is 232 g/mol. The molecule has 0 radical (unpaired) electrons. The highest BCUT2D eigenvalue weighted by Gasteiger charge is 2.12. The lowest BCUT2D eigenvalue weighted by Crippen LogP contribution is -2.35. The van der Waals surface area contributed by atoms with E-state index in [-0.39, 0.29) is 12.8 Å². The van der Waals surface area contributed by atoms with Crippen LogP contribution in [0.4, 0.5) is 0 Å². The van der Waals surface area contributed by atoms with Crippen LogP contribution in [0.1, 0.15) is 18.4 Å². The predicted molar refractivity (Wildman–Crippen MR) is 64.6 cm³/mol. The molecule has 2 N–H and O–H groups in total. The van der Waals surface area contributed by atoms with Crippen molar-refractivity contribution in [3.8, 4) is 6.07 Å². The summed E-state index contributed by atoms with van der Waals surface area (Å²) in [5, 5.41) is 19.9. The number of hydrogen-bond acceptors (Lipinski definition) is 3. The second-order valence-electron chi connectivity index (χ2n) is 3.83. The van der Waals surface area contributed by atoms with Gasteiger partial charge in [0.1, 0.15) is 6.04 Å². The molecule has 0 aromatic heterocycles. The summed E-state index contributed by atoms with van der Waals surface area (Å²) in [7, 11) is 0. The molecule has 1 unspecified atom stereocenters. The Hall–Kier alpha value is -2.35. The summed E-state index contributed by atoms with van der Waals surface area (Å²) in [4.78, 5) is 21.7. The number of rotatable bonds is 6. The monoisotopic (exact) mass is 246 g/mol. The largest absolute Gasteiger partial charge is 0.481 e. The molecule has 0 aliphatic heterocycles. The fourth-order valence-corrected chi connectivity index (χ4v) is 1.47. The number of hydrogen-bond donors (Lipinski definition) is 2. The van der Waals surface area contributed by atoms with Crippen LogP contribution in [0.25, 0.3) is 0 Å². The third kappa shape index (κ3) is 5.12. The quantitative estimate of drug-likeness (QED) is 0.786. The van der Waals surface area contributed by atoms with Gasteiger partial charge in [-0.1, -0.05) is 30.3 Å². The average Bonchev–Trinajstić information content (AvgIpc) is 2.37. The van der Waals surface area contributed by atoms with E-state index < -0.39 is 17.9 Å². The molecule has 5 nitrogen and oxygen atoms in total. The fraction of sp³-hybridized carbons (Fsp3) is 0.308. The first-order chi connectivity index (χ1) is 8.61. The predicted octanol–water partition coefficient (Wildman–Crippen LogP) is 1.10. The van der Waals surface area contributed by atoms with Gasteiger partial charge in [0.2, 0.25) is 5.91 Å². The summed E-state index contributed by atoms with van der Waals surface area (Å²) in [6.07, 6.45) is 0.0772. The summed E-state index contributed by atoms with van der Waals surface area (Å²) >= 11 is 0. The molecule has 0 spiro atoms. The zero-order valence-corrected chi connectivity index (χ0v) is 9.80. The Balaban J connectivity index is 2.45. The van der Waals surface area contributed by atoms with Gasteiger partial charge in [-0.2, -0.15) is 5.26 Å². The minimum atomic E-state index is -1.03. The molecule has 18 heavy (non-hydrogen) atoms.